The SMILES string of the molecule is CCCCOP(=O)(OCCCC)OCCOCCOP(=O)(OCCCC)OCCCC.CCCOP(=O)(OCCC)OCCCCOP(=O)(OCCC)OCCC.CCCOP(=O)(OCCC)OCCOCCOP(=O)(OCCC)OCCC.CCOP(=O)(OCC)OCC1CCC(COP(=O)(OCC)OCC)CC1.CCOP(=O)(OCC)OCCOCCOP(=O)(OCC)OCC. The predicted octanol–water partition coefficient (Wildman–Crippen LogP) is 25.8. The van der Waals surface area contributed by atoms with E-state index in [1.807, 2.05) is 83.1 Å². The lowest BCUT2D eigenvalue weighted by atomic mass is 9.83. The minimum atomic E-state index is -3.59. The van der Waals surface area contributed by atoms with E-state index in [0.29, 0.717) is 143 Å². The zero-order valence-corrected chi connectivity index (χ0v) is 93.1. The second-order valence-corrected chi connectivity index (χ2v) is 44.6. The van der Waals surface area contributed by atoms with Gasteiger partial charge in [0.25, 0.3) is 0 Å². The van der Waals surface area contributed by atoms with Crippen molar-refractivity contribution in [3.8, 4) is 0 Å². The van der Waals surface area contributed by atoms with E-state index >= 15 is 0 Å². The molecular weight excluding hydrogens is 1960 g/mol. The Morgan fingerprint density at radius 2 is 0.271 bits per heavy atom. The minimum absolute atomic E-state index is 0.0336. The normalized spacial score (nSPS) is 14.4. The molecule has 0 aromatic carbocycles. The third-order valence-corrected chi connectivity index (χ3v) is 31.2. The largest absolute Gasteiger partial charge is 0.474 e. The first kappa shape index (κ1) is 140. The van der Waals surface area contributed by atoms with Crippen LogP contribution in [0.15, 0.2) is 0 Å². The maximum atomic E-state index is 12.6. The third-order valence-electron chi connectivity index (χ3n) is 15.7. The molecule has 1 aliphatic rings. The molecule has 133 heavy (non-hydrogen) atoms. The van der Waals surface area contributed by atoms with Gasteiger partial charge in [0.2, 0.25) is 0 Å². The average Bonchev–Trinajstić information content (AvgIpc) is 0.857. The van der Waals surface area contributed by atoms with Crippen molar-refractivity contribution < 1.29 is 196 Å². The fourth-order valence-corrected chi connectivity index (χ4v) is 22.1. The van der Waals surface area contributed by atoms with Crippen LogP contribution in [-0.2, 0) is 196 Å². The van der Waals surface area contributed by atoms with Crippen molar-refractivity contribution in [3.63, 3.8) is 0 Å². The molecule has 0 aromatic rings. The van der Waals surface area contributed by atoms with Gasteiger partial charge in [-0.25, -0.2) is 45.7 Å². The van der Waals surface area contributed by atoms with Gasteiger partial charge in [0, 0.05) is 0 Å². The Bertz CT molecular complexity index is 2790. The molecule has 0 radical (unpaired) electrons. The van der Waals surface area contributed by atoms with Gasteiger partial charge in [0.05, 0.1) is 238 Å². The smallest absolute Gasteiger partial charge is 0.377 e. The lowest BCUT2D eigenvalue weighted by Gasteiger charge is -2.29. The summed E-state index contributed by atoms with van der Waals surface area (Å²) in [4.78, 5) is 0. The molecular formula is C80H178O43P10. The van der Waals surface area contributed by atoms with Gasteiger partial charge in [0.15, 0.2) is 0 Å². The molecule has 0 amide bonds. The molecule has 806 valence electrons. The van der Waals surface area contributed by atoms with Crippen molar-refractivity contribution in [2.75, 3.05) is 238 Å². The Morgan fingerprint density at radius 3 is 0.414 bits per heavy atom. The molecule has 0 atom stereocenters. The molecule has 53 heteroatoms. The van der Waals surface area contributed by atoms with Crippen molar-refractivity contribution in [1.82, 2.24) is 0 Å². The monoisotopic (exact) mass is 2140 g/mol. The van der Waals surface area contributed by atoms with Crippen molar-refractivity contribution in [1.29, 1.82) is 0 Å². The number of hydrogen-bond acceptors (Lipinski definition) is 43. The maximum absolute atomic E-state index is 12.6. The van der Waals surface area contributed by atoms with Gasteiger partial charge >= 0.3 is 78.2 Å². The Hall–Kier alpha value is 0.980. The van der Waals surface area contributed by atoms with Crippen LogP contribution in [-0.4, -0.2) is 238 Å². The van der Waals surface area contributed by atoms with Crippen LogP contribution in [0.2, 0.25) is 0 Å². The summed E-state index contributed by atoms with van der Waals surface area (Å²) in [5, 5.41) is 0. The van der Waals surface area contributed by atoms with Gasteiger partial charge < -0.3 is 14.2 Å². The fraction of sp³-hybridized carbons (Fsp3) is 1.00. The molecule has 43 nitrogen and oxygen atoms in total. The summed E-state index contributed by atoms with van der Waals surface area (Å²) >= 11 is 0. The Morgan fingerprint density at radius 1 is 0.143 bits per heavy atom. The molecule has 0 aromatic heterocycles. The van der Waals surface area contributed by atoms with Crippen molar-refractivity contribution in [2.45, 2.75) is 280 Å². The van der Waals surface area contributed by atoms with Crippen LogP contribution in [0.3, 0.4) is 0 Å². The molecule has 0 N–H and O–H groups in total. The van der Waals surface area contributed by atoms with E-state index < -0.39 is 78.2 Å². The highest BCUT2D eigenvalue weighted by atomic mass is 31.2. The summed E-state index contributed by atoms with van der Waals surface area (Å²) in [7, 11) is -35.2. The van der Waals surface area contributed by atoms with E-state index in [2.05, 4.69) is 0 Å². The molecule has 0 unspecified atom stereocenters. The number of unbranched alkanes of at least 4 members (excludes halogenated alkanes) is 5. The topological polar surface area (TPSA) is 475 Å². The minimum Gasteiger partial charge on any atom is -0.377 e. The molecule has 1 aliphatic carbocycles. The number of hydrogen-bond donors (Lipinski definition) is 0. The van der Waals surface area contributed by atoms with Crippen LogP contribution < -0.4 is 0 Å². The number of phosphoric acid groups is 10. The molecule has 0 saturated heterocycles. The van der Waals surface area contributed by atoms with Crippen LogP contribution in [0.1, 0.15) is 280 Å². The first-order valence-corrected chi connectivity index (χ1v) is 62.4. The third kappa shape index (κ3) is 82.8. The Balaban J connectivity index is -0.000000784. The standard InChI is InChI=1S/C20H44O9P2.C16H36O9P2.C16H34O8P2.C16H36O8P2.C12H28O9P2/c1-5-9-13-24-30(21,25-14-10-6-2)28-19-17-23-18-20-29-31(22,26-15-11-7-3)27-16-12-8-4;1-5-9-20-26(17,21-10-6-2)24-15-13-19-14-16-25-27(18,22-11-7-3)23-12-8-4;1-5-19-25(17,20-6-2)23-13-15-9-11-16(12-10-15)14-24-26(18,21-7-3)22-8-4;1-5-11-19-25(17,20-12-6-2)23-15-9-10-16-24-26(18,21-13-7-3)22-14-8-4;1-5-16-22(13,17-6-2)20-11-9-15-10-12-21-23(14,18-7-3)19-8-4/h5-20H2,1-4H3;5-16H2,1-4H3;15-16H,5-14H2,1-4H3;5-16H2,1-4H3;5-12H2,1-4H3. The van der Waals surface area contributed by atoms with Gasteiger partial charge in [-0.2, -0.15) is 0 Å². The maximum Gasteiger partial charge on any atom is 0.474 e. The van der Waals surface area contributed by atoms with Crippen LogP contribution in [0.5, 0.6) is 0 Å². The van der Waals surface area contributed by atoms with E-state index in [4.69, 9.17) is 150 Å². The van der Waals surface area contributed by atoms with Crippen molar-refractivity contribution in [2.24, 2.45) is 11.8 Å². The van der Waals surface area contributed by atoms with E-state index in [-0.39, 0.29) is 145 Å². The molecule has 0 aliphatic heterocycles. The number of ether oxygens (including phenoxy) is 3. The lowest BCUT2D eigenvalue weighted by molar-refractivity contribution is 0.0397. The van der Waals surface area contributed by atoms with Gasteiger partial charge in [-0.3, -0.25) is 136 Å². The van der Waals surface area contributed by atoms with Gasteiger partial charge in [-0.05, 0) is 183 Å². The summed E-state index contributed by atoms with van der Waals surface area (Å²) in [6.07, 6.45) is 17.3. The van der Waals surface area contributed by atoms with E-state index in [1.165, 1.54) is 0 Å². The van der Waals surface area contributed by atoms with Crippen LogP contribution in [0.25, 0.3) is 0 Å². The van der Waals surface area contributed by atoms with Crippen LogP contribution in [0, 0.1) is 11.8 Å². The first-order valence-electron chi connectivity index (χ1n) is 47.8. The summed E-state index contributed by atoms with van der Waals surface area (Å²) in [5.41, 5.74) is 0. The Labute approximate surface area is 799 Å². The molecule has 0 heterocycles. The van der Waals surface area contributed by atoms with E-state index in [0.717, 1.165) is 103 Å². The molecule has 0 bridgehead atoms. The van der Waals surface area contributed by atoms with Crippen LogP contribution in [0.4, 0.5) is 0 Å². The highest BCUT2D eigenvalue weighted by molar-refractivity contribution is 7.51. The number of rotatable bonds is 93. The summed E-state index contributed by atoms with van der Waals surface area (Å²) in [5.74, 6) is 0.595. The summed E-state index contributed by atoms with van der Waals surface area (Å²) in [6, 6.07) is 0. The van der Waals surface area contributed by atoms with Gasteiger partial charge in [-0.1, -0.05) is 109 Å². The fourth-order valence-electron chi connectivity index (χ4n) is 9.36. The highest BCUT2D eigenvalue weighted by Crippen LogP contribution is 2.57. The predicted molar refractivity (Wildman–Crippen MR) is 509 cm³/mol. The van der Waals surface area contributed by atoms with Gasteiger partial charge in [0.1, 0.15) is 0 Å². The molecule has 1 saturated carbocycles. The second-order valence-electron chi connectivity index (χ2n) is 27.9. The molecule has 0 spiro atoms. The zero-order chi connectivity index (χ0) is 101. The van der Waals surface area contributed by atoms with Gasteiger partial charge in [-0.15, -0.1) is 0 Å². The van der Waals surface area contributed by atoms with E-state index in [9.17, 15) is 45.7 Å². The van der Waals surface area contributed by atoms with Crippen LogP contribution >= 0.6 is 78.2 Å². The van der Waals surface area contributed by atoms with Crippen molar-refractivity contribution >= 4 is 78.2 Å². The number of phosphoric ester groups is 10. The molecule has 1 rings (SSSR count). The van der Waals surface area contributed by atoms with Crippen molar-refractivity contribution in [3.05, 3.63) is 0 Å². The summed E-state index contributed by atoms with van der Waals surface area (Å²) in [6.45, 7) is 45.1. The second kappa shape index (κ2) is 92.8. The summed E-state index contributed by atoms with van der Waals surface area (Å²) < 4.78 is 295. The molecule has 1 fully saturated rings. The highest BCUT2D eigenvalue weighted by Gasteiger charge is 2.36. The van der Waals surface area contributed by atoms with E-state index in [1.54, 1.807) is 55.4 Å². The Kier molecular flexibility index (Phi) is 97.9. The lowest BCUT2D eigenvalue weighted by Crippen LogP contribution is -2.21. The zero-order valence-electron chi connectivity index (χ0n) is 84.2. The first-order chi connectivity index (χ1) is 63.7. The average molecular weight is 2140 g/mol. The quantitative estimate of drug-likeness (QED) is 0.0403.